The first kappa shape index (κ1) is 19.0. The van der Waals surface area contributed by atoms with E-state index in [9.17, 15) is 8.42 Å². The third-order valence-corrected chi connectivity index (χ3v) is 8.99. The van der Waals surface area contributed by atoms with E-state index in [1.807, 2.05) is 84.9 Å². The van der Waals surface area contributed by atoms with Gasteiger partial charge in [0.25, 0.3) is 10.0 Å². The van der Waals surface area contributed by atoms with Gasteiger partial charge in [-0.1, -0.05) is 84.9 Å². The third-order valence-electron chi connectivity index (χ3n) is 7.25. The summed E-state index contributed by atoms with van der Waals surface area (Å²) in [4.78, 5) is 0.306. The predicted octanol–water partition coefficient (Wildman–Crippen LogP) is 7.11. The van der Waals surface area contributed by atoms with Crippen molar-refractivity contribution < 1.29 is 8.42 Å². The SMILES string of the molecule is O=S1(=O)c2cc(-c3ccccc3)ccc2-n2c3ccccc3c3ccc4c5ccccc5n1c4c32. The van der Waals surface area contributed by atoms with Gasteiger partial charge in [0.05, 0.1) is 27.8 Å². The zero-order valence-electron chi connectivity index (χ0n) is 18.5. The molecule has 35 heavy (non-hydrogen) atoms. The van der Waals surface area contributed by atoms with Gasteiger partial charge in [0.1, 0.15) is 4.90 Å². The number of aromatic nitrogens is 2. The first-order chi connectivity index (χ1) is 17.1. The van der Waals surface area contributed by atoms with Crippen LogP contribution in [0.4, 0.5) is 0 Å². The molecule has 0 bridgehead atoms. The van der Waals surface area contributed by atoms with E-state index in [4.69, 9.17) is 0 Å². The molecule has 0 saturated heterocycles. The van der Waals surface area contributed by atoms with Gasteiger partial charge in [-0.25, -0.2) is 12.4 Å². The van der Waals surface area contributed by atoms with E-state index in [0.29, 0.717) is 16.1 Å². The average Bonchev–Trinajstić information content (AvgIpc) is 3.40. The molecule has 8 rings (SSSR count). The molecule has 0 N–H and O–H groups in total. The van der Waals surface area contributed by atoms with Crippen molar-refractivity contribution in [2.75, 3.05) is 0 Å². The minimum Gasteiger partial charge on any atom is -0.306 e. The number of nitrogens with zero attached hydrogens (tertiary/aromatic N) is 2. The Labute approximate surface area is 201 Å². The lowest BCUT2D eigenvalue weighted by Gasteiger charge is -2.14. The number of hydrogen-bond acceptors (Lipinski definition) is 2. The zero-order chi connectivity index (χ0) is 23.3. The van der Waals surface area contributed by atoms with Crippen LogP contribution < -0.4 is 0 Å². The van der Waals surface area contributed by atoms with Gasteiger partial charge in [-0.15, -0.1) is 0 Å². The van der Waals surface area contributed by atoms with Crippen molar-refractivity contribution >= 4 is 53.6 Å². The first-order valence-electron chi connectivity index (χ1n) is 11.6. The fourth-order valence-corrected chi connectivity index (χ4v) is 7.52. The maximum absolute atomic E-state index is 14.5. The van der Waals surface area contributed by atoms with Crippen molar-refractivity contribution in [3.8, 4) is 16.8 Å². The van der Waals surface area contributed by atoms with Crippen molar-refractivity contribution in [2.45, 2.75) is 4.90 Å². The van der Waals surface area contributed by atoms with Crippen LogP contribution in [0.2, 0.25) is 0 Å². The average molecular weight is 471 g/mol. The highest BCUT2D eigenvalue weighted by molar-refractivity contribution is 7.90. The molecule has 4 nitrogen and oxygen atoms in total. The quantitative estimate of drug-likeness (QED) is 0.257. The Bertz CT molecular complexity index is 2120. The summed E-state index contributed by atoms with van der Waals surface area (Å²) in [6.07, 6.45) is 0. The van der Waals surface area contributed by atoms with Gasteiger partial charge >= 0.3 is 0 Å². The molecule has 1 aliphatic heterocycles. The molecule has 0 aliphatic carbocycles. The van der Waals surface area contributed by atoms with Gasteiger partial charge in [0.15, 0.2) is 0 Å². The normalized spacial score (nSPS) is 14.2. The van der Waals surface area contributed by atoms with Crippen LogP contribution in [0.25, 0.3) is 60.4 Å². The molecule has 1 aliphatic rings. The molecule has 0 atom stereocenters. The zero-order valence-corrected chi connectivity index (χ0v) is 19.3. The summed E-state index contributed by atoms with van der Waals surface area (Å²) < 4.78 is 32.7. The second kappa shape index (κ2) is 6.40. The van der Waals surface area contributed by atoms with Crippen molar-refractivity contribution in [3.63, 3.8) is 0 Å². The largest absolute Gasteiger partial charge is 0.306 e. The van der Waals surface area contributed by atoms with Crippen LogP contribution in [0, 0.1) is 0 Å². The Morgan fingerprint density at radius 1 is 0.514 bits per heavy atom. The fourth-order valence-electron chi connectivity index (χ4n) is 5.78. The summed E-state index contributed by atoms with van der Waals surface area (Å²) in [5.41, 5.74) is 5.89. The van der Waals surface area contributed by atoms with Crippen LogP contribution in [-0.2, 0) is 10.0 Å². The third kappa shape index (κ3) is 2.28. The lowest BCUT2D eigenvalue weighted by molar-refractivity contribution is 0.590. The first-order valence-corrected chi connectivity index (χ1v) is 13.0. The molecule has 0 unspecified atom stereocenters. The number of hydrogen-bond donors (Lipinski definition) is 0. The van der Waals surface area contributed by atoms with Crippen LogP contribution >= 0.6 is 0 Å². The Morgan fingerprint density at radius 2 is 1.14 bits per heavy atom. The highest BCUT2D eigenvalue weighted by Gasteiger charge is 2.33. The Morgan fingerprint density at radius 3 is 1.91 bits per heavy atom. The summed E-state index contributed by atoms with van der Waals surface area (Å²) >= 11 is 0. The highest BCUT2D eigenvalue weighted by atomic mass is 32.2. The fraction of sp³-hybridized carbons (Fsp3) is 0. The van der Waals surface area contributed by atoms with Crippen LogP contribution in [0.1, 0.15) is 0 Å². The van der Waals surface area contributed by atoms with E-state index >= 15 is 0 Å². The smallest absolute Gasteiger partial charge is 0.270 e. The van der Waals surface area contributed by atoms with E-state index in [1.165, 1.54) is 0 Å². The molecule has 5 heteroatoms. The molecule has 5 aromatic carbocycles. The monoisotopic (exact) mass is 470 g/mol. The molecule has 0 radical (unpaired) electrons. The number of benzene rings is 5. The molecular weight excluding hydrogens is 452 g/mol. The van der Waals surface area contributed by atoms with Crippen molar-refractivity contribution in [2.24, 2.45) is 0 Å². The number of para-hydroxylation sites is 2. The van der Waals surface area contributed by atoms with Gasteiger partial charge in [-0.2, -0.15) is 0 Å². The second-order valence-corrected chi connectivity index (χ2v) is 10.8. The lowest BCUT2D eigenvalue weighted by Crippen LogP contribution is -2.13. The van der Waals surface area contributed by atoms with Crippen LogP contribution in [0.3, 0.4) is 0 Å². The Kier molecular flexibility index (Phi) is 3.48. The molecule has 7 aromatic rings. The number of rotatable bonds is 1. The van der Waals surface area contributed by atoms with Crippen LogP contribution in [0.15, 0.2) is 114 Å². The van der Waals surface area contributed by atoms with Crippen molar-refractivity contribution in [1.82, 2.24) is 8.54 Å². The topological polar surface area (TPSA) is 44.0 Å². The molecule has 166 valence electrons. The summed E-state index contributed by atoms with van der Waals surface area (Å²) in [5.74, 6) is 0. The minimum absolute atomic E-state index is 0.306. The molecule has 2 aromatic heterocycles. The van der Waals surface area contributed by atoms with Gasteiger partial charge < -0.3 is 4.57 Å². The van der Waals surface area contributed by atoms with Gasteiger partial charge in [-0.05, 0) is 35.4 Å². The maximum atomic E-state index is 14.5. The number of fused-ring (bicyclic) bond motifs is 8. The van der Waals surface area contributed by atoms with E-state index in [0.717, 1.165) is 49.2 Å². The lowest BCUT2D eigenvalue weighted by atomic mass is 10.1. The molecular formula is C30H18N2O2S. The van der Waals surface area contributed by atoms with Crippen molar-refractivity contribution in [3.05, 3.63) is 109 Å². The molecule has 0 fully saturated rings. The second-order valence-electron chi connectivity index (χ2n) is 9.05. The molecule has 0 saturated carbocycles. The van der Waals surface area contributed by atoms with E-state index in [2.05, 4.69) is 28.8 Å². The summed E-state index contributed by atoms with van der Waals surface area (Å²) in [6.45, 7) is 0. The predicted molar refractivity (Wildman–Crippen MR) is 142 cm³/mol. The van der Waals surface area contributed by atoms with E-state index in [-0.39, 0.29) is 0 Å². The van der Waals surface area contributed by atoms with Crippen LogP contribution in [0.5, 0.6) is 0 Å². The Balaban J connectivity index is 1.67. The minimum atomic E-state index is -3.90. The van der Waals surface area contributed by atoms with Gasteiger partial charge in [0.2, 0.25) is 0 Å². The highest BCUT2D eigenvalue weighted by Crippen LogP contribution is 2.45. The molecule has 3 heterocycles. The van der Waals surface area contributed by atoms with E-state index in [1.54, 1.807) is 3.97 Å². The molecule has 0 spiro atoms. The molecule has 0 amide bonds. The van der Waals surface area contributed by atoms with E-state index < -0.39 is 10.0 Å². The Hall–Kier alpha value is -4.35. The van der Waals surface area contributed by atoms with Gasteiger partial charge in [-0.3, -0.25) is 0 Å². The van der Waals surface area contributed by atoms with Gasteiger partial charge in [0, 0.05) is 21.5 Å². The van der Waals surface area contributed by atoms with Crippen molar-refractivity contribution in [1.29, 1.82) is 0 Å². The summed E-state index contributed by atoms with van der Waals surface area (Å²) in [5, 5.41) is 4.04. The standard InChI is InChI=1S/C30H18N2O2S/c33-35(34)28-18-20(19-8-2-1-3-9-19)14-17-27(28)31-25-12-6-4-10-21(25)23-15-16-24-22-11-5-7-13-26(22)32(35)30(24)29(23)31/h1-18H. The summed E-state index contributed by atoms with van der Waals surface area (Å²) in [6, 6.07) is 35.9. The summed E-state index contributed by atoms with van der Waals surface area (Å²) in [7, 11) is -3.90. The maximum Gasteiger partial charge on any atom is 0.270 e. The van der Waals surface area contributed by atoms with Crippen LogP contribution in [-0.4, -0.2) is 17.0 Å².